The molecule has 0 N–H and O–H groups in total. The first-order valence-corrected chi connectivity index (χ1v) is 7.57. The summed E-state index contributed by atoms with van der Waals surface area (Å²) in [5, 5.41) is 0. The van der Waals surface area contributed by atoms with Crippen molar-refractivity contribution in [1.29, 1.82) is 0 Å². The molecule has 0 unspecified atom stereocenters. The van der Waals surface area contributed by atoms with E-state index in [9.17, 15) is 0 Å². The molecule has 0 bridgehead atoms. The van der Waals surface area contributed by atoms with E-state index in [1.54, 1.807) is 0 Å². The molecule has 106 valence electrons. The Morgan fingerprint density at radius 2 is 1.14 bits per heavy atom. The number of hydrogen-bond acceptors (Lipinski definition) is 0. The molecule has 0 saturated carbocycles. The van der Waals surface area contributed by atoms with Gasteiger partial charge in [-0.05, 0) is 30.2 Å². The molecular formula is C21H17N. The molecule has 2 aromatic heterocycles. The lowest BCUT2D eigenvalue weighted by Gasteiger charge is -2.06. The van der Waals surface area contributed by atoms with Gasteiger partial charge in [0.05, 0.1) is 5.52 Å². The fourth-order valence-electron chi connectivity index (χ4n) is 3.22. The molecule has 0 amide bonds. The molecule has 0 radical (unpaired) electrons. The zero-order chi connectivity index (χ0) is 14.9. The van der Waals surface area contributed by atoms with Crippen LogP contribution in [0.15, 0.2) is 85.1 Å². The van der Waals surface area contributed by atoms with Gasteiger partial charge < -0.3 is 4.40 Å². The number of benzene rings is 2. The lowest BCUT2D eigenvalue weighted by atomic mass is 9.96. The number of hydrogen-bond donors (Lipinski definition) is 0. The van der Waals surface area contributed by atoms with E-state index in [-0.39, 0.29) is 0 Å². The predicted molar refractivity (Wildman–Crippen MR) is 93.0 cm³/mol. The number of nitrogens with zero attached hydrogens (tertiary/aromatic N) is 1. The van der Waals surface area contributed by atoms with Crippen molar-refractivity contribution in [3.8, 4) is 22.3 Å². The largest absolute Gasteiger partial charge is 0.320 e. The van der Waals surface area contributed by atoms with Crippen molar-refractivity contribution in [1.82, 2.24) is 4.40 Å². The third kappa shape index (κ3) is 1.94. The van der Waals surface area contributed by atoms with E-state index >= 15 is 0 Å². The molecule has 0 spiro atoms. The van der Waals surface area contributed by atoms with E-state index < -0.39 is 0 Å². The molecule has 0 aliphatic rings. The molecule has 1 heteroatoms. The normalized spacial score (nSPS) is 11.0. The lowest BCUT2D eigenvalue weighted by Crippen LogP contribution is -1.85. The monoisotopic (exact) mass is 283 g/mol. The fourth-order valence-corrected chi connectivity index (χ4v) is 3.22. The summed E-state index contributed by atoms with van der Waals surface area (Å²) in [4.78, 5) is 0. The Kier molecular flexibility index (Phi) is 3.05. The standard InChI is InChI=1S/C21H17N/c1-16-20(17-10-4-2-5-11-17)21(18-12-6-3-7-13-18)19-14-8-9-15-22(16)19/h2-15H,1H3. The Hall–Kier alpha value is -2.80. The number of aryl methyl sites for hydroxylation is 1. The quantitative estimate of drug-likeness (QED) is 0.452. The van der Waals surface area contributed by atoms with Gasteiger partial charge in [-0.2, -0.15) is 0 Å². The van der Waals surface area contributed by atoms with Crippen LogP contribution in [0.4, 0.5) is 0 Å². The Morgan fingerprint density at radius 1 is 0.591 bits per heavy atom. The maximum Gasteiger partial charge on any atom is 0.0537 e. The van der Waals surface area contributed by atoms with Crippen molar-refractivity contribution in [2.24, 2.45) is 0 Å². The first-order valence-electron chi connectivity index (χ1n) is 7.57. The molecule has 0 aliphatic heterocycles. The summed E-state index contributed by atoms with van der Waals surface area (Å²) >= 11 is 0. The molecule has 0 fully saturated rings. The van der Waals surface area contributed by atoms with Gasteiger partial charge in [-0.25, -0.2) is 0 Å². The second-order valence-corrected chi connectivity index (χ2v) is 5.52. The fraction of sp³-hybridized carbons (Fsp3) is 0.0476. The topological polar surface area (TPSA) is 4.41 Å². The van der Waals surface area contributed by atoms with E-state index in [0.29, 0.717) is 0 Å². The van der Waals surface area contributed by atoms with Crippen LogP contribution in [0.1, 0.15) is 5.69 Å². The van der Waals surface area contributed by atoms with Gasteiger partial charge in [0.25, 0.3) is 0 Å². The van der Waals surface area contributed by atoms with E-state index in [4.69, 9.17) is 0 Å². The van der Waals surface area contributed by atoms with Crippen molar-refractivity contribution >= 4 is 5.52 Å². The van der Waals surface area contributed by atoms with Gasteiger partial charge >= 0.3 is 0 Å². The molecule has 2 aromatic carbocycles. The third-order valence-electron chi connectivity index (χ3n) is 4.21. The van der Waals surface area contributed by atoms with Crippen LogP contribution in [0.5, 0.6) is 0 Å². The second kappa shape index (κ2) is 5.19. The van der Waals surface area contributed by atoms with Crippen LogP contribution < -0.4 is 0 Å². The first-order chi connectivity index (χ1) is 10.9. The summed E-state index contributed by atoms with van der Waals surface area (Å²) in [7, 11) is 0. The highest BCUT2D eigenvalue weighted by Crippen LogP contribution is 2.39. The lowest BCUT2D eigenvalue weighted by molar-refractivity contribution is 1.11. The average Bonchev–Trinajstić information content (AvgIpc) is 2.90. The zero-order valence-corrected chi connectivity index (χ0v) is 12.5. The minimum Gasteiger partial charge on any atom is -0.320 e. The summed E-state index contributed by atoms with van der Waals surface area (Å²) in [5.74, 6) is 0. The second-order valence-electron chi connectivity index (χ2n) is 5.52. The van der Waals surface area contributed by atoms with Gasteiger partial charge in [0.1, 0.15) is 0 Å². The molecule has 4 aromatic rings. The molecule has 0 saturated heterocycles. The van der Waals surface area contributed by atoms with Crippen LogP contribution in [-0.2, 0) is 0 Å². The molecule has 1 nitrogen and oxygen atoms in total. The van der Waals surface area contributed by atoms with Crippen LogP contribution in [0.2, 0.25) is 0 Å². The zero-order valence-electron chi connectivity index (χ0n) is 12.5. The van der Waals surface area contributed by atoms with Gasteiger partial charge in [-0.1, -0.05) is 66.7 Å². The summed E-state index contributed by atoms with van der Waals surface area (Å²) in [6.07, 6.45) is 2.14. The Morgan fingerprint density at radius 3 is 1.77 bits per heavy atom. The molecule has 4 rings (SSSR count). The van der Waals surface area contributed by atoms with Crippen LogP contribution in [0.3, 0.4) is 0 Å². The Labute approximate surface area is 130 Å². The van der Waals surface area contributed by atoms with Gasteiger partial charge in [-0.15, -0.1) is 0 Å². The van der Waals surface area contributed by atoms with Crippen molar-refractivity contribution in [2.45, 2.75) is 6.92 Å². The van der Waals surface area contributed by atoms with Crippen molar-refractivity contribution in [3.05, 3.63) is 90.8 Å². The van der Waals surface area contributed by atoms with E-state index in [0.717, 1.165) is 0 Å². The minimum absolute atomic E-state index is 1.25. The van der Waals surface area contributed by atoms with Crippen LogP contribution in [0, 0.1) is 6.92 Å². The molecule has 22 heavy (non-hydrogen) atoms. The number of pyridine rings is 1. The van der Waals surface area contributed by atoms with E-state index in [2.05, 4.69) is 96.4 Å². The Bertz CT molecular complexity index is 918. The maximum atomic E-state index is 2.28. The summed E-state index contributed by atoms with van der Waals surface area (Å²) in [6, 6.07) is 27.7. The van der Waals surface area contributed by atoms with Gasteiger partial charge in [0.15, 0.2) is 0 Å². The predicted octanol–water partition coefficient (Wildman–Crippen LogP) is 5.58. The van der Waals surface area contributed by atoms with Crippen molar-refractivity contribution < 1.29 is 0 Å². The molecule has 2 heterocycles. The highest BCUT2D eigenvalue weighted by Gasteiger charge is 2.17. The third-order valence-corrected chi connectivity index (χ3v) is 4.21. The number of fused-ring (bicyclic) bond motifs is 1. The number of rotatable bonds is 2. The summed E-state index contributed by atoms with van der Waals surface area (Å²) in [5.41, 5.74) is 7.69. The highest BCUT2D eigenvalue weighted by molar-refractivity contribution is 5.96. The smallest absolute Gasteiger partial charge is 0.0537 e. The first kappa shape index (κ1) is 12.9. The van der Waals surface area contributed by atoms with Gasteiger partial charge in [-0.3, -0.25) is 0 Å². The van der Waals surface area contributed by atoms with Gasteiger partial charge in [0, 0.05) is 23.0 Å². The summed E-state index contributed by atoms with van der Waals surface area (Å²) < 4.78 is 2.28. The minimum atomic E-state index is 1.25. The van der Waals surface area contributed by atoms with E-state index in [1.165, 1.54) is 33.5 Å². The van der Waals surface area contributed by atoms with Crippen LogP contribution in [0.25, 0.3) is 27.8 Å². The van der Waals surface area contributed by atoms with Crippen LogP contribution in [-0.4, -0.2) is 4.40 Å². The highest BCUT2D eigenvalue weighted by atomic mass is 14.9. The summed E-state index contributed by atoms with van der Waals surface area (Å²) in [6.45, 7) is 2.20. The maximum absolute atomic E-state index is 2.28. The molecule has 0 aliphatic carbocycles. The van der Waals surface area contributed by atoms with E-state index in [1.807, 2.05) is 0 Å². The van der Waals surface area contributed by atoms with Crippen molar-refractivity contribution in [2.75, 3.05) is 0 Å². The molecule has 0 atom stereocenters. The average molecular weight is 283 g/mol. The van der Waals surface area contributed by atoms with Crippen molar-refractivity contribution in [3.63, 3.8) is 0 Å². The van der Waals surface area contributed by atoms with Gasteiger partial charge in [0.2, 0.25) is 0 Å². The Balaban J connectivity index is 2.14. The van der Waals surface area contributed by atoms with Crippen LogP contribution >= 0.6 is 0 Å². The molecular weight excluding hydrogens is 266 g/mol. The SMILES string of the molecule is Cc1c(-c2ccccc2)c(-c2ccccc2)c2ccccn12. The number of aromatic nitrogens is 1.